The third kappa shape index (κ3) is 2.86. The number of rotatable bonds is 3. The van der Waals surface area contributed by atoms with Crippen molar-refractivity contribution in [1.29, 1.82) is 0 Å². The van der Waals surface area contributed by atoms with Gasteiger partial charge < -0.3 is 20.6 Å². The molecule has 1 aliphatic rings. The van der Waals surface area contributed by atoms with E-state index in [1.807, 2.05) is 4.90 Å². The van der Waals surface area contributed by atoms with E-state index in [2.05, 4.69) is 20.6 Å². The van der Waals surface area contributed by atoms with Crippen molar-refractivity contribution in [2.24, 2.45) is 0 Å². The van der Waals surface area contributed by atoms with Crippen LogP contribution in [0, 0.1) is 0 Å². The van der Waals surface area contributed by atoms with E-state index in [-0.39, 0.29) is 24.0 Å². The van der Waals surface area contributed by atoms with Crippen LogP contribution in [0.4, 0.5) is 5.69 Å². The maximum atomic E-state index is 12.3. The van der Waals surface area contributed by atoms with Crippen LogP contribution in [-0.2, 0) is 9.59 Å². The molecule has 2 amide bonds. The zero-order valence-corrected chi connectivity index (χ0v) is 12.1. The number of carbonyl (C=O) groups excluding carboxylic acids is 2. The number of carbonyl (C=O) groups is 2. The number of fused-ring (bicyclic) bond motifs is 1. The third-order valence-corrected chi connectivity index (χ3v) is 3.78. The van der Waals surface area contributed by atoms with Gasteiger partial charge in [-0.3, -0.25) is 14.5 Å². The van der Waals surface area contributed by atoms with Gasteiger partial charge in [0, 0.05) is 18.8 Å². The molecule has 1 atom stereocenters. The van der Waals surface area contributed by atoms with Gasteiger partial charge in [0.1, 0.15) is 0 Å². The van der Waals surface area contributed by atoms with Crippen molar-refractivity contribution in [3.8, 4) is 0 Å². The van der Waals surface area contributed by atoms with Crippen molar-refractivity contribution in [3.63, 3.8) is 0 Å². The lowest BCUT2D eigenvalue weighted by Gasteiger charge is -2.31. The van der Waals surface area contributed by atoms with E-state index in [4.69, 9.17) is 0 Å². The van der Waals surface area contributed by atoms with Crippen molar-refractivity contribution < 1.29 is 9.59 Å². The summed E-state index contributed by atoms with van der Waals surface area (Å²) in [5.41, 5.74) is 1.63. The molecule has 22 heavy (non-hydrogen) atoms. The summed E-state index contributed by atoms with van der Waals surface area (Å²) >= 11 is 0. The first-order chi connectivity index (χ1) is 10.5. The molecule has 0 bridgehead atoms. The van der Waals surface area contributed by atoms with Gasteiger partial charge in [-0.05, 0) is 25.1 Å². The summed E-state index contributed by atoms with van der Waals surface area (Å²) in [5, 5.41) is 5.54. The molecule has 8 nitrogen and oxygen atoms in total. The Balaban J connectivity index is 1.71. The first-order valence-corrected chi connectivity index (χ1v) is 7.06. The number of piperazine rings is 1. The van der Waals surface area contributed by atoms with Gasteiger partial charge in [0.2, 0.25) is 11.8 Å². The smallest absolute Gasteiger partial charge is 0.323 e. The molecule has 2 aromatic rings. The van der Waals surface area contributed by atoms with E-state index in [9.17, 15) is 14.4 Å². The highest BCUT2D eigenvalue weighted by Gasteiger charge is 2.25. The van der Waals surface area contributed by atoms with E-state index < -0.39 is 6.04 Å². The fourth-order valence-electron chi connectivity index (χ4n) is 2.51. The molecule has 0 aliphatic carbocycles. The van der Waals surface area contributed by atoms with Crippen LogP contribution in [0.25, 0.3) is 11.0 Å². The minimum atomic E-state index is -0.410. The molecule has 1 aliphatic heterocycles. The minimum Gasteiger partial charge on any atom is -0.354 e. The van der Waals surface area contributed by atoms with Crippen LogP contribution >= 0.6 is 0 Å². The van der Waals surface area contributed by atoms with Crippen LogP contribution in [0.15, 0.2) is 23.0 Å². The van der Waals surface area contributed by atoms with Gasteiger partial charge in [0.15, 0.2) is 0 Å². The molecule has 3 rings (SSSR count). The number of imidazole rings is 1. The molecule has 8 heteroatoms. The number of hydrogen-bond donors (Lipinski definition) is 4. The number of amides is 2. The summed E-state index contributed by atoms with van der Waals surface area (Å²) in [6.45, 7) is 3.18. The largest absolute Gasteiger partial charge is 0.354 e. The van der Waals surface area contributed by atoms with E-state index >= 15 is 0 Å². The van der Waals surface area contributed by atoms with Crippen molar-refractivity contribution in [3.05, 3.63) is 28.7 Å². The Morgan fingerprint density at radius 3 is 2.82 bits per heavy atom. The van der Waals surface area contributed by atoms with Crippen molar-refractivity contribution in [2.75, 3.05) is 25.0 Å². The molecule has 1 fully saturated rings. The van der Waals surface area contributed by atoms with Crippen LogP contribution in [-0.4, -0.2) is 52.4 Å². The molecule has 1 saturated heterocycles. The van der Waals surface area contributed by atoms with Gasteiger partial charge in [-0.25, -0.2) is 4.79 Å². The summed E-state index contributed by atoms with van der Waals surface area (Å²) in [7, 11) is 0. The number of nitrogens with one attached hydrogen (secondary N) is 4. The predicted octanol–water partition coefficient (Wildman–Crippen LogP) is -0.385. The Morgan fingerprint density at radius 1 is 1.27 bits per heavy atom. The topological polar surface area (TPSA) is 110 Å². The molecular formula is C14H17N5O3. The standard InChI is InChI=1S/C14H17N5O3/c1-8(19-5-4-15-12(20)7-19)13(21)16-9-2-3-10-11(6-9)18-14(22)17-10/h2-3,6,8H,4-5,7H2,1H3,(H,15,20)(H,16,21)(H2,17,18,22)/t8-/m0/s1. The highest BCUT2D eigenvalue weighted by atomic mass is 16.2. The first kappa shape index (κ1) is 14.3. The fraction of sp³-hybridized carbons (Fsp3) is 0.357. The second-order valence-electron chi connectivity index (χ2n) is 5.33. The second-order valence-corrected chi connectivity index (χ2v) is 5.33. The Labute approximate surface area is 125 Å². The zero-order chi connectivity index (χ0) is 15.7. The Hall–Kier alpha value is -2.61. The fourth-order valence-corrected chi connectivity index (χ4v) is 2.51. The maximum Gasteiger partial charge on any atom is 0.323 e. The molecule has 0 unspecified atom stereocenters. The van der Waals surface area contributed by atoms with E-state index in [0.29, 0.717) is 29.8 Å². The molecule has 0 radical (unpaired) electrons. The molecule has 1 aromatic heterocycles. The Bertz CT molecular complexity index is 778. The highest BCUT2D eigenvalue weighted by Crippen LogP contribution is 2.15. The van der Waals surface area contributed by atoms with Crippen LogP contribution < -0.4 is 16.3 Å². The van der Waals surface area contributed by atoms with E-state index in [1.54, 1.807) is 25.1 Å². The molecule has 0 spiro atoms. The van der Waals surface area contributed by atoms with E-state index in [0.717, 1.165) is 0 Å². The van der Waals surface area contributed by atoms with Gasteiger partial charge >= 0.3 is 5.69 Å². The van der Waals surface area contributed by atoms with Crippen LogP contribution in [0.3, 0.4) is 0 Å². The molecule has 0 saturated carbocycles. The van der Waals surface area contributed by atoms with Crippen LogP contribution in [0.2, 0.25) is 0 Å². The monoisotopic (exact) mass is 303 g/mol. The lowest BCUT2D eigenvalue weighted by atomic mass is 10.2. The number of anilines is 1. The number of benzene rings is 1. The number of H-pyrrole nitrogens is 2. The van der Waals surface area contributed by atoms with Gasteiger partial charge in [0.25, 0.3) is 0 Å². The average molecular weight is 303 g/mol. The molecule has 116 valence electrons. The number of aromatic amines is 2. The van der Waals surface area contributed by atoms with Crippen LogP contribution in [0.1, 0.15) is 6.92 Å². The third-order valence-electron chi connectivity index (χ3n) is 3.78. The molecule has 1 aromatic carbocycles. The second kappa shape index (κ2) is 5.64. The van der Waals surface area contributed by atoms with Gasteiger partial charge in [-0.2, -0.15) is 0 Å². The first-order valence-electron chi connectivity index (χ1n) is 7.06. The Kier molecular flexibility index (Phi) is 3.68. The summed E-state index contributed by atoms with van der Waals surface area (Å²) in [6.07, 6.45) is 0. The SMILES string of the molecule is C[C@@H](C(=O)Nc1ccc2[nH]c(=O)[nH]c2c1)N1CCNC(=O)C1. The number of hydrogen-bond acceptors (Lipinski definition) is 4. The van der Waals surface area contributed by atoms with Crippen molar-refractivity contribution in [2.45, 2.75) is 13.0 Å². The van der Waals surface area contributed by atoms with E-state index in [1.165, 1.54) is 0 Å². The summed E-state index contributed by atoms with van der Waals surface area (Å²) < 4.78 is 0. The molecular weight excluding hydrogens is 286 g/mol. The summed E-state index contributed by atoms with van der Waals surface area (Å²) in [5.74, 6) is -0.260. The molecule has 4 N–H and O–H groups in total. The lowest BCUT2D eigenvalue weighted by Crippen LogP contribution is -2.53. The average Bonchev–Trinajstić information content (AvgIpc) is 2.85. The van der Waals surface area contributed by atoms with Crippen molar-refractivity contribution >= 4 is 28.5 Å². The van der Waals surface area contributed by atoms with Gasteiger partial charge in [-0.15, -0.1) is 0 Å². The quantitative estimate of drug-likeness (QED) is 0.619. The highest BCUT2D eigenvalue weighted by molar-refractivity contribution is 5.96. The zero-order valence-electron chi connectivity index (χ0n) is 12.1. The Morgan fingerprint density at radius 2 is 2.05 bits per heavy atom. The number of aromatic nitrogens is 2. The lowest BCUT2D eigenvalue weighted by molar-refractivity contribution is -0.127. The van der Waals surface area contributed by atoms with Gasteiger partial charge in [0.05, 0.1) is 23.6 Å². The maximum absolute atomic E-state index is 12.3. The molecule has 2 heterocycles. The predicted molar refractivity (Wildman–Crippen MR) is 81.6 cm³/mol. The number of nitrogens with zero attached hydrogens (tertiary/aromatic N) is 1. The van der Waals surface area contributed by atoms with Crippen LogP contribution in [0.5, 0.6) is 0 Å². The minimum absolute atomic E-state index is 0.0720. The van der Waals surface area contributed by atoms with Crippen molar-refractivity contribution in [1.82, 2.24) is 20.2 Å². The normalized spacial score (nSPS) is 17.2. The summed E-state index contributed by atoms with van der Waals surface area (Å²) in [4.78, 5) is 42.0. The summed E-state index contributed by atoms with van der Waals surface area (Å²) in [6, 6.07) is 4.73. The van der Waals surface area contributed by atoms with Gasteiger partial charge in [-0.1, -0.05) is 0 Å².